The molecule has 1 aromatic heterocycles. The molecular weight excluding hydrogens is 558 g/mol. The van der Waals surface area contributed by atoms with Crippen LogP contribution in [0.4, 0.5) is 10.5 Å². The summed E-state index contributed by atoms with van der Waals surface area (Å²) in [5.41, 5.74) is 5.05. The largest absolute Gasteiger partial charge is 0.478 e. The first kappa shape index (κ1) is 34.2. The van der Waals surface area contributed by atoms with Crippen LogP contribution in [0.1, 0.15) is 23.6 Å². The predicted octanol–water partition coefficient (Wildman–Crippen LogP) is 1.82. The molecule has 1 fully saturated rings. The highest BCUT2D eigenvalue weighted by molar-refractivity contribution is 6.04. The van der Waals surface area contributed by atoms with Gasteiger partial charge in [-0.3, -0.25) is 14.5 Å². The number of carbonyl (C=O) groups excluding carboxylic acids is 3. The van der Waals surface area contributed by atoms with E-state index < -0.39 is 18.0 Å². The average Bonchev–Trinajstić information content (AvgIpc) is 3.45. The van der Waals surface area contributed by atoms with E-state index in [-0.39, 0.29) is 23.3 Å². The summed E-state index contributed by atoms with van der Waals surface area (Å²) < 4.78 is 0. The van der Waals surface area contributed by atoms with E-state index in [1.54, 1.807) is 0 Å². The minimum Gasteiger partial charge on any atom is -0.478 e. The molecule has 230 valence electrons. The van der Waals surface area contributed by atoms with Gasteiger partial charge in [-0.25, -0.2) is 14.4 Å². The summed E-state index contributed by atoms with van der Waals surface area (Å²) >= 11 is 0. The van der Waals surface area contributed by atoms with Gasteiger partial charge in [0.15, 0.2) is 0 Å². The standard InChI is InChI=1S/C26H31N5O3.C4H4O4.H2O/c1-17(32)28-21-7-4-18(5-8-21)10-13-31-25(33)24(29-26(31)34)15-19-6-9-23-22(14-19)20(16-27-23)11-12-30(2)3;5-3(6)1-2-4(7)8;/h4-9,14,16,24,27H,10-13,15H2,1-3H3,(H,28,32)(H,29,34);1-2H,(H,5,6)(H,7,8);1H2. The maximum Gasteiger partial charge on any atom is 0.328 e. The van der Waals surface area contributed by atoms with Crippen LogP contribution >= 0.6 is 0 Å². The van der Waals surface area contributed by atoms with Crippen molar-refractivity contribution in [2.75, 3.05) is 32.5 Å². The number of fused-ring (bicyclic) bond motifs is 1. The summed E-state index contributed by atoms with van der Waals surface area (Å²) in [6.07, 6.45) is 5.11. The SMILES string of the molecule is CC(=O)Nc1ccc(CCN2C(=O)NC(Cc3ccc4[nH]cc(CCN(C)C)c4c3)C2=O)cc1.O.O=C(O)C=CC(=O)O. The molecule has 0 bridgehead atoms. The van der Waals surface area contributed by atoms with E-state index >= 15 is 0 Å². The highest BCUT2D eigenvalue weighted by atomic mass is 16.4. The molecule has 2 heterocycles. The number of likely N-dealkylation sites (N-methyl/N-ethyl adjacent to an activating group) is 1. The van der Waals surface area contributed by atoms with Crippen LogP contribution < -0.4 is 10.6 Å². The highest BCUT2D eigenvalue weighted by Crippen LogP contribution is 2.22. The number of urea groups is 1. The van der Waals surface area contributed by atoms with E-state index in [2.05, 4.69) is 40.7 Å². The third-order valence-corrected chi connectivity index (χ3v) is 6.47. The fourth-order valence-electron chi connectivity index (χ4n) is 4.41. The van der Waals surface area contributed by atoms with Crippen molar-refractivity contribution >= 4 is 46.4 Å². The molecule has 0 aliphatic carbocycles. The Morgan fingerprint density at radius 2 is 1.60 bits per heavy atom. The number of hydrogen-bond donors (Lipinski definition) is 5. The zero-order valence-corrected chi connectivity index (χ0v) is 24.2. The fourth-order valence-corrected chi connectivity index (χ4v) is 4.41. The Bertz CT molecular complexity index is 1460. The molecule has 4 rings (SSSR count). The molecule has 1 unspecified atom stereocenters. The number of nitrogens with one attached hydrogen (secondary N) is 3. The van der Waals surface area contributed by atoms with E-state index in [1.807, 2.05) is 42.6 Å². The van der Waals surface area contributed by atoms with Crippen LogP contribution in [0.15, 0.2) is 60.8 Å². The molecule has 0 radical (unpaired) electrons. The second-order valence-electron chi connectivity index (χ2n) is 10.1. The van der Waals surface area contributed by atoms with Crippen LogP contribution in [0.2, 0.25) is 0 Å². The number of carboxylic acids is 2. The smallest absolute Gasteiger partial charge is 0.328 e. The van der Waals surface area contributed by atoms with Crippen molar-refractivity contribution in [3.05, 3.63) is 77.5 Å². The Hall–Kier alpha value is -5.01. The van der Waals surface area contributed by atoms with Gasteiger partial charge in [0.2, 0.25) is 5.91 Å². The Kier molecular flexibility index (Phi) is 12.6. The number of nitrogens with zero attached hydrogens (tertiary/aromatic N) is 2. The van der Waals surface area contributed by atoms with Crippen molar-refractivity contribution in [3.63, 3.8) is 0 Å². The number of aromatic nitrogens is 1. The minimum atomic E-state index is -1.26. The van der Waals surface area contributed by atoms with Gasteiger partial charge in [0.25, 0.3) is 5.91 Å². The number of carboxylic acid groups (broad SMARTS) is 2. The third kappa shape index (κ3) is 10.4. The molecule has 3 aromatic rings. The molecule has 0 spiro atoms. The van der Waals surface area contributed by atoms with Crippen molar-refractivity contribution in [1.82, 2.24) is 20.1 Å². The number of anilines is 1. The summed E-state index contributed by atoms with van der Waals surface area (Å²) in [6.45, 7) is 2.73. The van der Waals surface area contributed by atoms with Gasteiger partial charge in [-0.05, 0) is 67.9 Å². The van der Waals surface area contributed by atoms with Crippen LogP contribution in [-0.2, 0) is 38.4 Å². The van der Waals surface area contributed by atoms with Crippen LogP contribution in [0.5, 0.6) is 0 Å². The zero-order valence-electron chi connectivity index (χ0n) is 24.2. The van der Waals surface area contributed by atoms with Gasteiger partial charge in [-0.1, -0.05) is 18.2 Å². The summed E-state index contributed by atoms with van der Waals surface area (Å²) in [7, 11) is 4.11. The average molecular weight is 596 g/mol. The first-order chi connectivity index (χ1) is 19.9. The van der Waals surface area contributed by atoms with Crippen molar-refractivity contribution in [2.45, 2.75) is 32.2 Å². The zero-order chi connectivity index (χ0) is 30.8. The van der Waals surface area contributed by atoms with Gasteiger partial charge in [0, 0.05) is 61.4 Å². The number of rotatable bonds is 11. The van der Waals surface area contributed by atoms with Gasteiger partial charge < -0.3 is 36.2 Å². The van der Waals surface area contributed by atoms with Crippen molar-refractivity contribution in [2.24, 2.45) is 0 Å². The lowest BCUT2D eigenvalue weighted by Crippen LogP contribution is -2.33. The molecule has 43 heavy (non-hydrogen) atoms. The number of hydrogen-bond acceptors (Lipinski definition) is 6. The van der Waals surface area contributed by atoms with E-state index in [1.165, 1.54) is 17.4 Å². The number of amides is 4. The monoisotopic (exact) mass is 595 g/mol. The molecule has 0 saturated carbocycles. The maximum absolute atomic E-state index is 13.0. The molecule has 1 saturated heterocycles. The fraction of sp³-hybridized carbons (Fsp3) is 0.300. The number of imide groups is 1. The molecule has 13 heteroatoms. The van der Waals surface area contributed by atoms with Crippen molar-refractivity contribution < 1.29 is 39.7 Å². The van der Waals surface area contributed by atoms with Gasteiger partial charge in [-0.15, -0.1) is 0 Å². The quantitative estimate of drug-likeness (QED) is 0.163. The normalized spacial score (nSPS) is 14.3. The van der Waals surface area contributed by atoms with Crippen LogP contribution in [0.25, 0.3) is 10.9 Å². The van der Waals surface area contributed by atoms with Gasteiger partial charge in [-0.2, -0.15) is 0 Å². The molecular formula is C30H37N5O8. The number of benzene rings is 2. The predicted molar refractivity (Wildman–Crippen MR) is 161 cm³/mol. The first-order valence-corrected chi connectivity index (χ1v) is 13.3. The number of H-pyrrole nitrogens is 1. The molecule has 1 aliphatic heterocycles. The topological polar surface area (TPSA) is 204 Å². The van der Waals surface area contributed by atoms with E-state index in [0.29, 0.717) is 31.5 Å². The van der Waals surface area contributed by atoms with E-state index in [4.69, 9.17) is 10.2 Å². The highest BCUT2D eigenvalue weighted by Gasteiger charge is 2.37. The van der Waals surface area contributed by atoms with Crippen LogP contribution in [0, 0.1) is 0 Å². The van der Waals surface area contributed by atoms with Crippen molar-refractivity contribution in [3.8, 4) is 0 Å². The molecule has 13 nitrogen and oxygen atoms in total. The summed E-state index contributed by atoms with van der Waals surface area (Å²) in [6, 6.07) is 12.7. The molecule has 2 aromatic carbocycles. The third-order valence-electron chi connectivity index (χ3n) is 6.47. The number of carbonyl (C=O) groups is 5. The summed E-state index contributed by atoms with van der Waals surface area (Å²) in [5, 5.41) is 22.4. The molecule has 7 N–H and O–H groups in total. The number of aliphatic carboxylic acids is 2. The Labute approximate surface area is 248 Å². The van der Waals surface area contributed by atoms with Gasteiger partial charge in [0.05, 0.1) is 0 Å². The molecule has 1 aliphatic rings. The maximum atomic E-state index is 13.0. The van der Waals surface area contributed by atoms with Crippen LogP contribution in [-0.4, -0.2) is 93.5 Å². The Balaban J connectivity index is 0.000000632. The Morgan fingerprint density at radius 1 is 0.977 bits per heavy atom. The molecule has 4 amide bonds. The van der Waals surface area contributed by atoms with E-state index in [0.717, 1.165) is 40.7 Å². The first-order valence-electron chi connectivity index (χ1n) is 13.3. The summed E-state index contributed by atoms with van der Waals surface area (Å²) in [4.78, 5) is 62.5. The van der Waals surface area contributed by atoms with Gasteiger partial charge >= 0.3 is 18.0 Å². The second-order valence-corrected chi connectivity index (χ2v) is 10.1. The lowest BCUT2D eigenvalue weighted by molar-refractivity contribution is -0.134. The lowest BCUT2D eigenvalue weighted by atomic mass is 10.0. The summed E-state index contributed by atoms with van der Waals surface area (Å²) in [5.74, 6) is -2.83. The van der Waals surface area contributed by atoms with Gasteiger partial charge in [0.1, 0.15) is 6.04 Å². The second kappa shape index (κ2) is 15.8. The van der Waals surface area contributed by atoms with Crippen molar-refractivity contribution in [1.29, 1.82) is 0 Å². The molecule has 1 atom stereocenters. The van der Waals surface area contributed by atoms with E-state index in [9.17, 15) is 24.0 Å². The minimum absolute atomic E-state index is 0. The number of aromatic amines is 1. The Morgan fingerprint density at radius 3 is 2.19 bits per heavy atom. The lowest BCUT2D eigenvalue weighted by Gasteiger charge is -2.13. The van der Waals surface area contributed by atoms with Crippen LogP contribution in [0.3, 0.4) is 0 Å².